The van der Waals surface area contributed by atoms with E-state index in [1.165, 1.54) is 11.3 Å². The molecule has 0 unspecified atom stereocenters. The first-order chi connectivity index (χ1) is 11.1. The Morgan fingerprint density at radius 3 is 2.91 bits per heavy atom. The van der Waals surface area contributed by atoms with Crippen LogP contribution in [-0.4, -0.2) is 34.4 Å². The fourth-order valence-corrected chi connectivity index (χ4v) is 2.70. The molecule has 0 saturated heterocycles. The average molecular weight is 333 g/mol. The van der Waals surface area contributed by atoms with Crippen molar-refractivity contribution in [2.75, 3.05) is 13.6 Å². The van der Waals surface area contributed by atoms with Gasteiger partial charge in [0, 0.05) is 24.7 Å². The third-order valence-electron chi connectivity index (χ3n) is 3.45. The van der Waals surface area contributed by atoms with Crippen LogP contribution in [0.5, 0.6) is 5.75 Å². The second-order valence-electron chi connectivity index (χ2n) is 5.50. The van der Waals surface area contributed by atoms with E-state index >= 15 is 0 Å². The Morgan fingerprint density at radius 1 is 1.39 bits per heavy atom. The Kier molecular flexibility index (Phi) is 6.52. The summed E-state index contributed by atoms with van der Waals surface area (Å²) in [4.78, 5) is 22.5. The van der Waals surface area contributed by atoms with Crippen LogP contribution in [0, 0.1) is 6.92 Å². The molecule has 2 aromatic rings. The number of amides is 1. The molecule has 0 atom stereocenters. The van der Waals surface area contributed by atoms with Crippen molar-refractivity contribution in [1.29, 1.82) is 0 Å². The van der Waals surface area contributed by atoms with Crippen LogP contribution in [0.4, 0.5) is 0 Å². The van der Waals surface area contributed by atoms with E-state index in [9.17, 15) is 4.79 Å². The summed E-state index contributed by atoms with van der Waals surface area (Å²) in [7, 11) is 1.85. The van der Waals surface area contributed by atoms with Crippen molar-refractivity contribution in [2.24, 2.45) is 0 Å². The molecule has 2 rings (SSSR count). The van der Waals surface area contributed by atoms with Crippen LogP contribution >= 0.6 is 11.3 Å². The molecule has 6 heteroatoms. The normalized spacial score (nSPS) is 10.6. The number of ether oxygens (including phenoxy) is 1. The summed E-state index contributed by atoms with van der Waals surface area (Å²) in [5.41, 5.74) is 1.77. The van der Waals surface area contributed by atoms with Crippen molar-refractivity contribution in [2.45, 2.75) is 39.7 Å². The molecule has 0 radical (unpaired) electrons. The predicted molar refractivity (Wildman–Crippen MR) is 91.7 cm³/mol. The first kappa shape index (κ1) is 17.4. The van der Waals surface area contributed by atoms with E-state index in [4.69, 9.17) is 4.74 Å². The van der Waals surface area contributed by atoms with Gasteiger partial charge in [-0.2, -0.15) is 0 Å². The lowest BCUT2D eigenvalue weighted by atomic mass is 10.2. The molecule has 0 aliphatic carbocycles. The molecule has 0 fully saturated rings. The number of hydrogen-bond acceptors (Lipinski definition) is 5. The maximum atomic E-state index is 12.1. The van der Waals surface area contributed by atoms with Gasteiger partial charge in [0.2, 0.25) is 5.91 Å². The zero-order chi connectivity index (χ0) is 16.7. The van der Waals surface area contributed by atoms with E-state index in [1.807, 2.05) is 31.5 Å². The summed E-state index contributed by atoms with van der Waals surface area (Å²) in [6.07, 6.45) is 4.17. The number of aromatic nitrogens is 2. The fraction of sp³-hybridized carbons (Fsp3) is 0.471. The molecule has 0 aromatic carbocycles. The van der Waals surface area contributed by atoms with E-state index in [1.54, 1.807) is 11.1 Å². The Labute approximate surface area is 141 Å². The fourth-order valence-electron chi connectivity index (χ4n) is 1.99. The number of rotatable bonds is 8. The molecule has 0 N–H and O–H groups in total. The third-order valence-corrected chi connectivity index (χ3v) is 4.32. The van der Waals surface area contributed by atoms with E-state index in [0.717, 1.165) is 41.5 Å². The second kappa shape index (κ2) is 8.62. The minimum atomic E-state index is 0.110. The zero-order valence-electron chi connectivity index (χ0n) is 13.9. The maximum absolute atomic E-state index is 12.1. The number of hydrogen-bond donors (Lipinski definition) is 0. The van der Waals surface area contributed by atoms with Gasteiger partial charge in [0.05, 0.1) is 18.3 Å². The summed E-state index contributed by atoms with van der Waals surface area (Å²) >= 11 is 1.52. The standard InChI is InChI=1S/C17H23N3O2S/c1-4-5-8-20(3)17(21)9-14-12-23-16(19-14)11-22-15-7-6-13(2)18-10-15/h6-7,10,12H,4-5,8-9,11H2,1-3H3. The zero-order valence-corrected chi connectivity index (χ0v) is 14.7. The monoisotopic (exact) mass is 333 g/mol. The molecular formula is C17H23N3O2S. The minimum absolute atomic E-state index is 0.110. The Hall–Kier alpha value is -1.95. The molecule has 1 amide bonds. The number of likely N-dealkylation sites (N-methyl/N-ethyl adjacent to an activating group) is 1. The van der Waals surface area contributed by atoms with Gasteiger partial charge in [-0.1, -0.05) is 13.3 Å². The number of nitrogens with zero attached hydrogens (tertiary/aromatic N) is 3. The van der Waals surface area contributed by atoms with Gasteiger partial charge in [-0.05, 0) is 25.5 Å². The van der Waals surface area contributed by atoms with Crippen molar-refractivity contribution in [3.63, 3.8) is 0 Å². The first-order valence-electron chi connectivity index (χ1n) is 7.81. The van der Waals surface area contributed by atoms with Gasteiger partial charge in [-0.25, -0.2) is 4.98 Å². The molecule has 124 valence electrons. The molecule has 2 heterocycles. The summed E-state index contributed by atoms with van der Waals surface area (Å²) in [5, 5.41) is 2.79. The summed E-state index contributed by atoms with van der Waals surface area (Å²) in [6.45, 7) is 5.26. The van der Waals surface area contributed by atoms with Crippen LogP contribution in [0.1, 0.15) is 36.2 Å². The van der Waals surface area contributed by atoms with E-state index in [0.29, 0.717) is 13.0 Å². The first-order valence-corrected chi connectivity index (χ1v) is 8.69. The van der Waals surface area contributed by atoms with Gasteiger partial charge < -0.3 is 9.64 Å². The van der Waals surface area contributed by atoms with Crippen LogP contribution in [0.2, 0.25) is 0 Å². The third kappa shape index (κ3) is 5.63. The van der Waals surface area contributed by atoms with Crippen LogP contribution in [0.15, 0.2) is 23.7 Å². The number of aryl methyl sites for hydroxylation is 1. The highest BCUT2D eigenvalue weighted by atomic mass is 32.1. The van der Waals surface area contributed by atoms with Crippen LogP contribution in [0.25, 0.3) is 0 Å². The highest BCUT2D eigenvalue weighted by Gasteiger charge is 2.12. The van der Waals surface area contributed by atoms with Crippen molar-refractivity contribution < 1.29 is 9.53 Å². The second-order valence-corrected chi connectivity index (χ2v) is 6.44. The predicted octanol–water partition coefficient (Wildman–Crippen LogP) is 3.23. The minimum Gasteiger partial charge on any atom is -0.485 e. The molecule has 23 heavy (non-hydrogen) atoms. The molecule has 0 spiro atoms. The van der Waals surface area contributed by atoms with E-state index in [-0.39, 0.29) is 5.91 Å². The Bertz CT molecular complexity index is 625. The van der Waals surface area contributed by atoms with Gasteiger partial charge in [-0.15, -0.1) is 11.3 Å². The summed E-state index contributed by atoms with van der Waals surface area (Å²) in [6, 6.07) is 3.80. The molecule has 0 bridgehead atoms. The van der Waals surface area contributed by atoms with Crippen LogP contribution < -0.4 is 4.74 Å². The quantitative estimate of drug-likeness (QED) is 0.744. The van der Waals surface area contributed by atoms with Gasteiger partial charge in [-0.3, -0.25) is 9.78 Å². The smallest absolute Gasteiger partial charge is 0.228 e. The highest BCUT2D eigenvalue weighted by molar-refractivity contribution is 7.09. The van der Waals surface area contributed by atoms with Gasteiger partial charge in [0.1, 0.15) is 17.4 Å². The largest absolute Gasteiger partial charge is 0.485 e. The lowest BCUT2D eigenvalue weighted by molar-refractivity contribution is -0.129. The summed E-state index contributed by atoms with van der Waals surface area (Å²) in [5.74, 6) is 0.835. The number of carbonyl (C=O) groups excluding carboxylic acids is 1. The summed E-state index contributed by atoms with van der Waals surface area (Å²) < 4.78 is 5.66. The van der Waals surface area contributed by atoms with Crippen molar-refractivity contribution in [3.05, 3.63) is 40.1 Å². The lowest BCUT2D eigenvalue weighted by Gasteiger charge is -2.15. The SMILES string of the molecule is CCCCN(C)C(=O)Cc1csc(COc2ccc(C)nc2)n1. The molecule has 0 saturated carbocycles. The number of thiazole rings is 1. The van der Waals surface area contributed by atoms with Crippen molar-refractivity contribution >= 4 is 17.2 Å². The van der Waals surface area contributed by atoms with Gasteiger partial charge >= 0.3 is 0 Å². The Balaban J connectivity index is 1.83. The van der Waals surface area contributed by atoms with Crippen molar-refractivity contribution in [3.8, 4) is 5.75 Å². The number of pyridine rings is 1. The average Bonchev–Trinajstić information content (AvgIpc) is 2.99. The van der Waals surface area contributed by atoms with Crippen LogP contribution in [-0.2, 0) is 17.8 Å². The van der Waals surface area contributed by atoms with E-state index in [2.05, 4.69) is 16.9 Å². The molecular weight excluding hydrogens is 310 g/mol. The van der Waals surface area contributed by atoms with E-state index < -0.39 is 0 Å². The number of carbonyl (C=O) groups is 1. The molecule has 0 aliphatic heterocycles. The highest BCUT2D eigenvalue weighted by Crippen LogP contribution is 2.15. The molecule has 5 nitrogen and oxygen atoms in total. The van der Waals surface area contributed by atoms with Gasteiger partial charge in [0.25, 0.3) is 0 Å². The van der Waals surface area contributed by atoms with Crippen molar-refractivity contribution in [1.82, 2.24) is 14.9 Å². The van der Waals surface area contributed by atoms with Gasteiger partial charge in [0.15, 0.2) is 0 Å². The number of unbranched alkanes of at least 4 members (excludes halogenated alkanes) is 1. The van der Waals surface area contributed by atoms with Crippen LogP contribution in [0.3, 0.4) is 0 Å². The topological polar surface area (TPSA) is 55.3 Å². The maximum Gasteiger partial charge on any atom is 0.228 e. The lowest BCUT2D eigenvalue weighted by Crippen LogP contribution is -2.29. The molecule has 2 aromatic heterocycles. The Morgan fingerprint density at radius 2 is 2.22 bits per heavy atom. The molecule has 0 aliphatic rings.